The number of methoxy groups -OCH3 is 1. The number of nitrogens with two attached hydrogens (primary N) is 1. The molecule has 114 valence electrons. The van der Waals surface area contributed by atoms with Crippen molar-refractivity contribution in [2.45, 2.75) is 0 Å². The van der Waals surface area contributed by atoms with Crippen molar-refractivity contribution in [3.05, 3.63) is 52.1 Å². The quantitative estimate of drug-likeness (QED) is 0.440. The average Bonchev–Trinajstić information content (AvgIpc) is 2.49. The molecular formula is C14H13N3O5. The highest BCUT2D eigenvalue weighted by Crippen LogP contribution is 2.32. The van der Waals surface area contributed by atoms with Crippen LogP contribution in [-0.2, 0) is 0 Å². The van der Waals surface area contributed by atoms with E-state index in [9.17, 15) is 20.0 Å². The number of hydrogen-bond acceptors (Lipinski definition) is 6. The molecule has 0 fully saturated rings. The van der Waals surface area contributed by atoms with E-state index in [2.05, 4.69) is 5.32 Å². The Morgan fingerprint density at radius 1 is 1.27 bits per heavy atom. The van der Waals surface area contributed by atoms with E-state index in [4.69, 9.17) is 10.5 Å². The zero-order chi connectivity index (χ0) is 16.3. The molecule has 0 unspecified atom stereocenters. The molecule has 0 aliphatic heterocycles. The van der Waals surface area contributed by atoms with E-state index < -0.39 is 10.9 Å². The minimum Gasteiger partial charge on any atom is -0.497 e. The van der Waals surface area contributed by atoms with E-state index >= 15 is 0 Å². The van der Waals surface area contributed by atoms with E-state index in [-0.39, 0.29) is 28.3 Å². The van der Waals surface area contributed by atoms with Gasteiger partial charge in [0.25, 0.3) is 5.69 Å². The Kier molecular flexibility index (Phi) is 4.12. The zero-order valence-corrected chi connectivity index (χ0v) is 11.6. The lowest BCUT2D eigenvalue weighted by atomic mass is 10.1. The standard InChI is InChI=1S/C14H13N3O5/c1-22-9-3-5-11(10(7-9)14(18)19)16-12-4-2-8(15)6-13(12)17(20)21/h2-7,16H,15H2,1H3,(H,18,19). The van der Waals surface area contributed by atoms with Gasteiger partial charge in [-0.25, -0.2) is 4.79 Å². The van der Waals surface area contributed by atoms with Gasteiger partial charge in [-0.1, -0.05) is 0 Å². The van der Waals surface area contributed by atoms with Gasteiger partial charge < -0.3 is 20.9 Å². The molecule has 0 aromatic heterocycles. The van der Waals surface area contributed by atoms with Crippen LogP contribution in [0.15, 0.2) is 36.4 Å². The molecule has 4 N–H and O–H groups in total. The first-order chi connectivity index (χ1) is 10.4. The fourth-order valence-electron chi connectivity index (χ4n) is 1.89. The average molecular weight is 303 g/mol. The Bertz CT molecular complexity index is 745. The van der Waals surface area contributed by atoms with Crippen LogP contribution < -0.4 is 15.8 Å². The van der Waals surface area contributed by atoms with Gasteiger partial charge in [-0.05, 0) is 30.3 Å². The van der Waals surface area contributed by atoms with Crippen LogP contribution in [0, 0.1) is 10.1 Å². The maximum Gasteiger partial charge on any atom is 0.337 e. The number of carboxylic acids is 1. The highest BCUT2D eigenvalue weighted by molar-refractivity contribution is 5.96. The predicted molar refractivity (Wildman–Crippen MR) is 80.7 cm³/mol. The van der Waals surface area contributed by atoms with E-state index in [1.807, 2.05) is 0 Å². The smallest absolute Gasteiger partial charge is 0.337 e. The van der Waals surface area contributed by atoms with Crippen molar-refractivity contribution in [1.29, 1.82) is 0 Å². The third-order valence-electron chi connectivity index (χ3n) is 2.94. The van der Waals surface area contributed by atoms with Crippen LogP contribution in [0.2, 0.25) is 0 Å². The van der Waals surface area contributed by atoms with Gasteiger partial charge in [-0.15, -0.1) is 0 Å². The van der Waals surface area contributed by atoms with Gasteiger partial charge in [0, 0.05) is 11.8 Å². The molecular weight excluding hydrogens is 290 g/mol. The number of aromatic carboxylic acids is 1. The lowest BCUT2D eigenvalue weighted by Gasteiger charge is -2.11. The number of nitrogens with one attached hydrogen (secondary N) is 1. The molecule has 2 rings (SSSR count). The summed E-state index contributed by atoms with van der Waals surface area (Å²) in [6.07, 6.45) is 0. The summed E-state index contributed by atoms with van der Waals surface area (Å²) in [5.74, 6) is -0.811. The maximum absolute atomic E-state index is 11.3. The van der Waals surface area contributed by atoms with Crippen LogP contribution in [0.1, 0.15) is 10.4 Å². The largest absolute Gasteiger partial charge is 0.497 e. The summed E-state index contributed by atoms with van der Waals surface area (Å²) in [4.78, 5) is 21.8. The first-order valence-corrected chi connectivity index (χ1v) is 6.14. The minimum atomic E-state index is -1.18. The molecule has 0 aliphatic rings. The number of nitro groups is 1. The molecule has 0 atom stereocenters. The highest BCUT2D eigenvalue weighted by atomic mass is 16.6. The predicted octanol–water partition coefficient (Wildman–Crippen LogP) is 2.63. The first kappa shape index (κ1) is 15.1. The van der Waals surface area contributed by atoms with Crippen molar-refractivity contribution < 1.29 is 19.6 Å². The van der Waals surface area contributed by atoms with Gasteiger partial charge in [0.05, 0.1) is 23.3 Å². The highest BCUT2D eigenvalue weighted by Gasteiger charge is 2.17. The Morgan fingerprint density at radius 2 is 1.95 bits per heavy atom. The maximum atomic E-state index is 11.3. The lowest BCUT2D eigenvalue weighted by Crippen LogP contribution is -2.05. The number of benzene rings is 2. The molecule has 0 radical (unpaired) electrons. The lowest BCUT2D eigenvalue weighted by molar-refractivity contribution is -0.383. The molecule has 0 bridgehead atoms. The van der Waals surface area contributed by atoms with Gasteiger partial charge in [-0.2, -0.15) is 0 Å². The van der Waals surface area contributed by atoms with Crippen LogP contribution >= 0.6 is 0 Å². The van der Waals surface area contributed by atoms with Gasteiger partial charge in [0.2, 0.25) is 0 Å². The van der Waals surface area contributed by atoms with E-state index in [0.29, 0.717) is 5.75 Å². The van der Waals surface area contributed by atoms with Crippen molar-refractivity contribution in [1.82, 2.24) is 0 Å². The molecule has 22 heavy (non-hydrogen) atoms. The van der Waals surface area contributed by atoms with Crippen LogP contribution in [-0.4, -0.2) is 23.1 Å². The number of nitro benzene ring substituents is 1. The second kappa shape index (κ2) is 6.00. The number of rotatable bonds is 5. The van der Waals surface area contributed by atoms with Crippen LogP contribution in [0.5, 0.6) is 5.75 Å². The molecule has 0 saturated carbocycles. The summed E-state index contributed by atoms with van der Waals surface area (Å²) in [5, 5.41) is 23.0. The number of carbonyl (C=O) groups is 1. The van der Waals surface area contributed by atoms with E-state index in [1.165, 1.54) is 37.4 Å². The number of carboxylic acid groups (broad SMARTS) is 1. The van der Waals surface area contributed by atoms with Gasteiger partial charge >= 0.3 is 5.97 Å². The Balaban J connectivity index is 2.47. The number of nitrogen functional groups attached to an aromatic ring is 1. The summed E-state index contributed by atoms with van der Waals surface area (Å²) in [5.41, 5.74) is 5.82. The summed E-state index contributed by atoms with van der Waals surface area (Å²) >= 11 is 0. The Morgan fingerprint density at radius 3 is 2.55 bits per heavy atom. The minimum absolute atomic E-state index is 0.0644. The number of ether oxygens (including phenoxy) is 1. The fourth-order valence-corrected chi connectivity index (χ4v) is 1.89. The monoisotopic (exact) mass is 303 g/mol. The van der Waals surface area contributed by atoms with Gasteiger partial charge in [-0.3, -0.25) is 10.1 Å². The summed E-state index contributed by atoms with van der Waals surface area (Å²) in [6.45, 7) is 0. The van der Waals surface area contributed by atoms with Crippen molar-refractivity contribution in [2.75, 3.05) is 18.2 Å². The molecule has 2 aromatic rings. The van der Waals surface area contributed by atoms with Crippen molar-refractivity contribution in [2.24, 2.45) is 0 Å². The molecule has 0 saturated heterocycles. The summed E-state index contributed by atoms with van der Waals surface area (Å²) in [7, 11) is 1.42. The SMILES string of the molecule is COc1ccc(Nc2ccc(N)cc2[N+](=O)[O-])c(C(=O)O)c1. The normalized spacial score (nSPS) is 10.0. The number of nitrogens with zero attached hydrogens (tertiary/aromatic N) is 1. The van der Waals surface area contributed by atoms with Crippen LogP contribution in [0.25, 0.3) is 0 Å². The van der Waals surface area contributed by atoms with Crippen LogP contribution in [0.4, 0.5) is 22.7 Å². The molecule has 2 aromatic carbocycles. The third kappa shape index (κ3) is 3.06. The van der Waals surface area contributed by atoms with Crippen molar-refractivity contribution in [3.63, 3.8) is 0 Å². The Labute approximate surface area is 125 Å². The third-order valence-corrected chi connectivity index (χ3v) is 2.94. The molecule has 0 spiro atoms. The fraction of sp³-hybridized carbons (Fsp3) is 0.0714. The molecule has 0 amide bonds. The molecule has 0 aliphatic carbocycles. The van der Waals surface area contributed by atoms with Gasteiger partial charge in [0.1, 0.15) is 11.4 Å². The second-order valence-corrected chi connectivity index (χ2v) is 4.38. The topological polar surface area (TPSA) is 128 Å². The molecule has 8 heteroatoms. The second-order valence-electron chi connectivity index (χ2n) is 4.38. The summed E-state index contributed by atoms with van der Waals surface area (Å²) in [6, 6.07) is 8.46. The number of anilines is 3. The zero-order valence-electron chi connectivity index (χ0n) is 11.6. The van der Waals surface area contributed by atoms with Crippen molar-refractivity contribution >= 4 is 28.7 Å². The van der Waals surface area contributed by atoms with E-state index in [0.717, 1.165) is 0 Å². The first-order valence-electron chi connectivity index (χ1n) is 6.14. The number of hydrogen-bond donors (Lipinski definition) is 3. The van der Waals surface area contributed by atoms with Crippen LogP contribution in [0.3, 0.4) is 0 Å². The van der Waals surface area contributed by atoms with Crippen molar-refractivity contribution in [3.8, 4) is 5.75 Å². The molecule has 8 nitrogen and oxygen atoms in total. The molecule has 0 heterocycles. The van der Waals surface area contributed by atoms with Gasteiger partial charge in [0.15, 0.2) is 0 Å². The Hall–Kier alpha value is -3.29. The van der Waals surface area contributed by atoms with E-state index in [1.54, 1.807) is 6.07 Å². The summed E-state index contributed by atoms with van der Waals surface area (Å²) < 4.78 is 4.97.